The van der Waals surface area contributed by atoms with Gasteiger partial charge in [-0.15, -0.1) is 0 Å². The van der Waals surface area contributed by atoms with Crippen molar-refractivity contribution in [1.82, 2.24) is 14.5 Å². The van der Waals surface area contributed by atoms with Gasteiger partial charge in [0.15, 0.2) is 0 Å². The number of benzene rings is 1. The van der Waals surface area contributed by atoms with E-state index in [1.54, 1.807) is 24.3 Å². The van der Waals surface area contributed by atoms with Crippen molar-refractivity contribution < 1.29 is 28.6 Å². The van der Waals surface area contributed by atoms with Crippen LogP contribution in [0.5, 0.6) is 0 Å². The number of amides is 2. The van der Waals surface area contributed by atoms with Crippen molar-refractivity contribution in [3.8, 4) is 0 Å². The number of hydrogen-bond donors (Lipinski definition) is 1. The molecular formula is C30H39N3O8. The van der Waals surface area contributed by atoms with Crippen LogP contribution in [0.3, 0.4) is 0 Å². The van der Waals surface area contributed by atoms with Gasteiger partial charge in [0, 0.05) is 26.1 Å². The Morgan fingerprint density at radius 3 is 2.24 bits per heavy atom. The molecule has 0 bridgehead atoms. The van der Waals surface area contributed by atoms with Crippen LogP contribution in [0.25, 0.3) is 0 Å². The second kappa shape index (κ2) is 14.4. The van der Waals surface area contributed by atoms with Crippen molar-refractivity contribution in [2.45, 2.75) is 96.6 Å². The van der Waals surface area contributed by atoms with Crippen molar-refractivity contribution in [3.05, 3.63) is 68.0 Å². The van der Waals surface area contributed by atoms with Crippen molar-refractivity contribution in [1.29, 1.82) is 0 Å². The first-order valence-corrected chi connectivity index (χ1v) is 14.5. The highest BCUT2D eigenvalue weighted by molar-refractivity contribution is 6.21. The third-order valence-electron chi connectivity index (χ3n) is 7.56. The standard InChI is InChI=1S/C30H39N3O8/c1-3-4-5-6-7-8-9-12-15-39-18-21-17-32(30(38)31-27(21)35)26-16-24(25(41-26)19-40-20(2)34)33-28(36)22-13-10-11-14-23(22)29(33)37/h10-11,13-14,17,24-26H,3-9,12,15-16,18-19H2,1-2H3,(H,31,35,38)/t24-,25+,26+/m0/s1. The summed E-state index contributed by atoms with van der Waals surface area (Å²) in [6, 6.07) is 5.71. The smallest absolute Gasteiger partial charge is 0.330 e. The van der Waals surface area contributed by atoms with E-state index >= 15 is 0 Å². The molecule has 1 fully saturated rings. The third kappa shape index (κ3) is 7.39. The normalized spacial score (nSPS) is 20.0. The predicted octanol–water partition coefficient (Wildman–Crippen LogP) is 3.71. The quantitative estimate of drug-likeness (QED) is 0.195. The maximum Gasteiger partial charge on any atom is 0.330 e. The molecule has 3 heterocycles. The molecule has 0 saturated carbocycles. The zero-order valence-corrected chi connectivity index (χ0v) is 23.8. The van der Waals surface area contributed by atoms with E-state index in [0.717, 1.165) is 24.2 Å². The highest BCUT2D eigenvalue weighted by Crippen LogP contribution is 2.36. The zero-order valence-electron chi connectivity index (χ0n) is 23.8. The number of aromatic amines is 1. The Morgan fingerprint density at radius 2 is 1.61 bits per heavy atom. The fourth-order valence-electron chi connectivity index (χ4n) is 5.38. The molecular weight excluding hydrogens is 530 g/mol. The average molecular weight is 570 g/mol. The Kier molecular flexibility index (Phi) is 10.6. The molecule has 3 atom stereocenters. The van der Waals surface area contributed by atoms with Crippen LogP contribution in [0.4, 0.5) is 0 Å². The maximum absolute atomic E-state index is 13.2. The first-order valence-electron chi connectivity index (χ1n) is 14.5. The number of rotatable bonds is 15. The number of aromatic nitrogens is 2. The number of esters is 1. The van der Waals surface area contributed by atoms with Gasteiger partial charge in [0.1, 0.15) is 18.9 Å². The number of fused-ring (bicyclic) bond motifs is 1. The van der Waals surface area contributed by atoms with Crippen LogP contribution in [0.1, 0.15) is 104 Å². The van der Waals surface area contributed by atoms with Gasteiger partial charge in [-0.2, -0.15) is 0 Å². The van der Waals surface area contributed by atoms with Gasteiger partial charge in [-0.05, 0) is 18.6 Å². The Morgan fingerprint density at radius 1 is 0.976 bits per heavy atom. The highest BCUT2D eigenvalue weighted by Gasteiger charge is 2.48. The number of H-pyrrole nitrogens is 1. The lowest BCUT2D eigenvalue weighted by molar-refractivity contribution is -0.146. The van der Waals surface area contributed by atoms with Gasteiger partial charge in [-0.3, -0.25) is 33.6 Å². The minimum Gasteiger partial charge on any atom is -0.463 e. The maximum atomic E-state index is 13.2. The lowest BCUT2D eigenvalue weighted by atomic mass is 10.1. The van der Waals surface area contributed by atoms with Crippen molar-refractivity contribution >= 4 is 17.8 Å². The minimum atomic E-state index is -0.916. The van der Waals surface area contributed by atoms with Crippen LogP contribution in [-0.2, 0) is 25.6 Å². The number of nitrogens with zero attached hydrogens (tertiary/aromatic N) is 2. The molecule has 11 heteroatoms. The molecule has 2 aliphatic heterocycles. The zero-order chi connectivity index (χ0) is 29.4. The molecule has 222 valence electrons. The van der Waals surface area contributed by atoms with Gasteiger partial charge in [0.2, 0.25) is 0 Å². The summed E-state index contributed by atoms with van der Waals surface area (Å²) in [6.07, 6.45) is 9.04. The van der Waals surface area contributed by atoms with E-state index in [4.69, 9.17) is 14.2 Å². The Balaban J connectivity index is 1.42. The molecule has 1 aromatic carbocycles. The second-order valence-electron chi connectivity index (χ2n) is 10.6. The molecule has 1 N–H and O–H groups in total. The molecule has 1 saturated heterocycles. The van der Waals surface area contributed by atoms with E-state index in [-0.39, 0.29) is 36.3 Å². The molecule has 2 aromatic rings. The SMILES string of the molecule is CCCCCCCCCCOCc1cn([C@H]2C[C@H](N3C(=O)c4ccccc4C3=O)[C@@H](COC(C)=O)O2)c(=O)[nH]c1=O. The lowest BCUT2D eigenvalue weighted by Gasteiger charge is -2.25. The topological polar surface area (TPSA) is 137 Å². The Bertz CT molecular complexity index is 1310. The summed E-state index contributed by atoms with van der Waals surface area (Å²) >= 11 is 0. The van der Waals surface area contributed by atoms with Gasteiger partial charge >= 0.3 is 11.7 Å². The second-order valence-corrected chi connectivity index (χ2v) is 10.6. The van der Waals surface area contributed by atoms with Crippen molar-refractivity contribution in [3.63, 3.8) is 0 Å². The summed E-state index contributed by atoms with van der Waals surface area (Å²) in [6.45, 7) is 3.76. The van der Waals surface area contributed by atoms with Crippen LogP contribution in [0.15, 0.2) is 40.1 Å². The van der Waals surface area contributed by atoms with Gasteiger partial charge in [-0.25, -0.2) is 4.79 Å². The molecule has 1 aromatic heterocycles. The van der Waals surface area contributed by atoms with Crippen LogP contribution in [0.2, 0.25) is 0 Å². The third-order valence-corrected chi connectivity index (χ3v) is 7.56. The van der Waals surface area contributed by atoms with E-state index in [1.807, 2.05) is 0 Å². The van der Waals surface area contributed by atoms with Crippen LogP contribution in [-0.4, -0.2) is 57.6 Å². The molecule has 4 rings (SSSR count). The van der Waals surface area contributed by atoms with Gasteiger partial charge < -0.3 is 14.2 Å². The average Bonchev–Trinajstić information content (AvgIpc) is 3.47. The summed E-state index contributed by atoms with van der Waals surface area (Å²) < 4.78 is 18.2. The number of carbonyl (C=O) groups is 3. The summed E-state index contributed by atoms with van der Waals surface area (Å²) in [5, 5.41) is 0. The first-order chi connectivity index (χ1) is 19.8. The number of carbonyl (C=O) groups excluding carboxylic acids is 3. The molecule has 11 nitrogen and oxygen atoms in total. The molecule has 2 aliphatic rings. The Hall–Kier alpha value is -3.57. The monoisotopic (exact) mass is 569 g/mol. The number of unbranched alkanes of at least 4 members (excludes halogenated alkanes) is 7. The summed E-state index contributed by atoms with van der Waals surface area (Å²) in [5.41, 5.74) is -0.420. The number of ether oxygens (including phenoxy) is 3. The fraction of sp³-hybridized carbons (Fsp3) is 0.567. The molecule has 2 amide bonds. The summed E-state index contributed by atoms with van der Waals surface area (Å²) in [7, 11) is 0. The van der Waals surface area contributed by atoms with Crippen molar-refractivity contribution in [2.24, 2.45) is 0 Å². The van der Waals surface area contributed by atoms with Gasteiger partial charge in [0.25, 0.3) is 17.4 Å². The predicted molar refractivity (Wildman–Crippen MR) is 149 cm³/mol. The van der Waals surface area contributed by atoms with Gasteiger partial charge in [-0.1, -0.05) is 64.0 Å². The van der Waals surface area contributed by atoms with Crippen LogP contribution >= 0.6 is 0 Å². The number of imide groups is 1. The Labute approximate surface area is 238 Å². The van der Waals surface area contributed by atoms with Crippen LogP contribution in [0, 0.1) is 0 Å². The first kappa shape index (κ1) is 30.4. The van der Waals surface area contributed by atoms with Gasteiger partial charge in [0.05, 0.1) is 29.3 Å². The van der Waals surface area contributed by atoms with E-state index < -0.39 is 47.4 Å². The molecule has 0 radical (unpaired) electrons. The summed E-state index contributed by atoms with van der Waals surface area (Å²) in [5.74, 6) is -1.50. The van der Waals surface area contributed by atoms with E-state index in [1.165, 1.54) is 49.8 Å². The van der Waals surface area contributed by atoms with Crippen molar-refractivity contribution in [2.75, 3.05) is 13.2 Å². The van der Waals surface area contributed by atoms with E-state index in [9.17, 15) is 24.0 Å². The fourth-order valence-corrected chi connectivity index (χ4v) is 5.38. The minimum absolute atomic E-state index is 0.0253. The van der Waals surface area contributed by atoms with Crippen LogP contribution < -0.4 is 11.2 Å². The molecule has 41 heavy (non-hydrogen) atoms. The summed E-state index contributed by atoms with van der Waals surface area (Å²) in [4.78, 5) is 66.5. The van der Waals surface area contributed by atoms with E-state index in [0.29, 0.717) is 6.61 Å². The number of nitrogens with one attached hydrogen (secondary N) is 1. The largest absolute Gasteiger partial charge is 0.463 e. The molecule has 0 spiro atoms. The van der Waals surface area contributed by atoms with E-state index in [2.05, 4.69) is 11.9 Å². The number of hydrogen-bond acceptors (Lipinski definition) is 8. The molecule has 0 unspecified atom stereocenters. The highest BCUT2D eigenvalue weighted by atomic mass is 16.6. The molecule has 0 aliphatic carbocycles. The lowest BCUT2D eigenvalue weighted by Crippen LogP contribution is -2.46.